The normalized spacial score (nSPS) is 11.2. The minimum absolute atomic E-state index is 0.565. The van der Waals surface area contributed by atoms with Crippen LogP contribution in [0.1, 0.15) is 37.3 Å². The van der Waals surface area contributed by atoms with E-state index in [1.165, 1.54) is 18.4 Å². The van der Waals surface area contributed by atoms with E-state index in [0.29, 0.717) is 6.61 Å². The summed E-state index contributed by atoms with van der Waals surface area (Å²) in [5, 5.41) is 0.771. The summed E-state index contributed by atoms with van der Waals surface area (Å²) in [6.45, 7) is 2.77. The first kappa shape index (κ1) is 13.3. The van der Waals surface area contributed by atoms with Crippen LogP contribution in [0, 0.1) is 0 Å². The predicted molar refractivity (Wildman–Crippen MR) is 70.7 cm³/mol. The summed E-state index contributed by atoms with van der Waals surface area (Å²) in [6.07, 6.45) is 7.97. The van der Waals surface area contributed by atoms with Gasteiger partial charge < -0.3 is 4.74 Å². The molecule has 0 N–H and O–H groups in total. The first-order valence-electron chi connectivity index (χ1n) is 5.71. The van der Waals surface area contributed by atoms with Crippen molar-refractivity contribution in [1.29, 1.82) is 0 Å². The number of hydrogen-bond acceptors (Lipinski definition) is 1. The lowest BCUT2D eigenvalue weighted by molar-refractivity contribution is 0.185. The zero-order valence-corrected chi connectivity index (χ0v) is 10.8. The van der Waals surface area contributed by atoms with Gasteiger partial charge in [-0.3, -0.25) is 0 Å². The zero-order valence-electron chi connectivity index (χ0n) is 10.0. The van der Waals surface area contributed by atoms with E-state index in [2.05, 4.69) is 25.1 Å². The molecule has 0 aromatic heterocycles. The van der Waals surface area contributed by atoms with Gasteiger partial charge in [0.2, 0.25) is 0 Å². The Labute approximate surface area is 103 Å². The molecule has 1 aromatic rings. The van der Waals surface area contributed by atoms with E-state index in [1.54, 1.807) is 7.11 Å². The molecule has 1 aromatic carbocycles. The van der Waals surface area contributed by atoms with Crippen molar-refractivity contribution in [2.45, 2.75) is 32.8 Å². The van der Waals surface area contributed by atoms with Crippen molar-refractivity contribution in [1.82, 2.24) is 0 Å². The first-order chi connectivity index (χ1) is 7.77. The van der Waals surface area contributed by atoms with Crippen molar-refractivity contribution in [2.75, 3.05) is 7.11 Å². The highest BCUT2D eigenvalue weighted by atomic mass is 35.5. The molecular formula is C14H19ClO. The number of methoxy groups -OCH3 is 1. The molecule has 16 heavy (non-hydrogen) atoms. The Balaban J connectivity index is 2.66. The summed E-state index contributed by atoms with van der Waals surface area (Å²) >= 11 is 6.05. The van der Waals surface area contributed by atoms with Crippen LogP contribution in [0.25, 0.3) is 6.08 Å². The molecule has 0 bridgehead atoms. The maximum absolute atomic E-state index is 6.05. The molecule has 0 atom stereocenters. The van der Waals surface area contributed by atoms with Gasteiger partial charge in [0.25, 0.3) is 0 Å². The molecule has 0 spiro atoms. The van der Waals surface area contributed by atoms with E-state index in [1.807, 2.05) is 12.1 Å². The first-order valence-corrected chi connectivity index (χ1v) is 6.09. The van der Waals surface area contributed by atoms with Crippen LogP contribution >= 0.6 is 11.6 Å². The third-order valence-corrected chi connectivity index (χ3v) is 2.77. The predicted octanol–water partition coefficient (Wildman–Crippen LogP) is 4.69. The topological polar surface area (TPSA) is 9.23 Å². The largest absolute Gasteiger partial charge is 0.380 e. The van der Waals surface area contributed by atoms with Gasteiger partial charge >= 0.3 is 0 Å². The Morgan fingerprint density at radius 1 is 1.38 bits per heavy atom. The Kier molecular flexibility index (Phi) is 6.20. The Morgan fingerprint density at radius 2 is 2.19 bits per heavy atom. The summed E-state index contributed by atoms with van der Waals surface area (Å²) in [7, 11) is 1.68. The van der Waals surface area contributed by atoms with E-state index in [0.717, 1.165) is 17.0 Å². The number of hydrogen-bond donors (Lipinski definition) is 0. The van der Waals surface area contributed by atoms with E-state index in [-0.39, 0.29) is 0 Å². The van der Waals surface area contributed by atoms with Crippen LogP contribution in [0.2, 0.25) is 5.02 Å². The van der Waals surface area contributed by atoms with E-state index < -0.39 is 0 Å². The fraction of sp³-hybridized carbons (Fsp3) is 0.429. The Hall–Kier alpha value is -0.790. The van der Waals surface area contributed by atoms with Crippen molar-refractivity contribution in [3.05, 3.63) is 40.4 Å². The molecule has 0 saturated heterocycles. The lowest BCUT2D eigenvalue weighted by Crippen LogP contribution is -1.89. The van der Waals surface area contributed by atoms with Crippen LogP contribution in [0.5, 0.6) is 0 Å². The highest BCUT2D eigenvalue weighted by Crippen LogP contribution is 2.19. The fourth-order valence-electron chi connectivity index (χ4n) is 1.51. The summed E-state index contributed by atoms with van der Waals surface area (Å²) in [4.78, 5) is 0. The van der Waals surface area contributed by atoms with Crippen molar-refractivity contribution in [3.8, 4) is 0 Å². The number of unbranched alkanes of at least 4 members (excludes halogenated alkanes) is 2. The minimum atomic E-state index is 0.565. The molecule has 0 aliphatic heterocycles. The van der Waals surface area contributed by atoms with Crippen LogP contribution in [0.4, 0.5) is 0 Å². The third kappa shape index (κ3) is 4.38. The van der Waals surface area contributed by atoms with Crippen molar-refractivity contribution < 1.29 is 4.74 Å². The molecule has 1 nitrogen and oxygen atoms in total. The fourth-order valence-corrected chi connectivity index (χ4v) is 1.68. The van der Waals surface area contributed by atoms with Gasteiger partial charge in [-0.25, -0.2) is 0 Å². The molecule has 0 aliphatic rings. The third-order valence-electron chi connectivity index (χ3n) is 2.40. The number of rotatable bonds is 6. The van der Waals surface area contributed by atoms with Gasteiger partial charge in [-0.05, 0) is 29.7 Å². The quantitative estimate of drug-likeness (QED) is 0.654. The van der Waals surface area contributed by atoms with Gasteiger partial charge in [0, 0.05) is 12.1 Å². The van der Waals surface area contributed by atoms with E-state index in [9.17, 15) is 0 Å². The number of allylic oxidation sites excluding steroid dienone is 1. The van der Waals surface area contributed by atoms with E-state index >= 15 is 0 Å². The second-order valence-electron chi connectivity index (χ2n) is 3.83. The van der Waals surface area contributed by atoms with Gasteiger partial charge in [0.15, 0.2) is 0 Å². The maximum Gasteiger partial charge on any atom is 0.0727 e. The van der Waals surface area contributed by atoms with Crippen LogP contribution in [0.3, 0.4) is 0 Å². The summed E-state index contributed by atoms with van der Waals surface area (Å²) < 4.78 is 5.10. The second kappa shape index (κ2) is 7.48. The molecule has 0 fully saturated rings. The number of ether oxygens (including phenoxy) is 1. The van der Waals surface area contributed by atoms with Crippen LogP contribution in [-0.4, -0.2) is 7.11 Å². The Morgan fingerprint density at radius 3 is 2.88 bits per heavy atom. The lowest BCUT2D eigenvalue weighted by atomic mass is 10.1. The standard InChI is InChI=1S/C14H19ClO/c1-3-4-5-6-7-12-8-9-14(15)13(10-12)11-16-2/h6-10H,3-5,11H2,1-2H3. The van der Waals surface area contributed by atoms with Crippen molar-refractivity contribution >= 4 is 17.7 Å². The van der Waals surface area contributed by atoms with Crippen LogP contribution in [0.15, 0.2) is 24.3 Å². The molecule has 0 unspecified atom stereocenters. The lowest BCUT2D eigenvalue weighted by Gasteiger charge is -2.04. The maximum atomic E-state index is 6.05. The highest BCUT2D eigenvalue weighted by Gasteiger charge is 1.99. The SMILES string of the molecule is CCCCC=Cc1ccc(Cl)c(COC)c1. The molecule has 0 aliphatic carbocycles. The molecule has 1 rings (SSSR count). The molecule has 88 valence electrons. The van der Waals surface area contributed by atoms with Crippen molar-refractivity contribution in [3.63, 3.8) is 0 Å². The van der Waals surface area contributed by atoms with Gasteiger partial charge in [0.1, 0.15) is 0 Å². The van der Waals surface area contributed by atoms with E-state index in [4.69, 9.17) is 16.3 Å². The average molecular weight is 239 g/mol. The minimum Gasteiger partial charge on any atom is -0.380 e. The second-order valence-corrected chi connectivity index (χ2v) is 4.24. The van der Waals surface area contributed by atoms with Gasteiger partial charge in [-0.15, -0.1) is 0 Å². The van der Waals surface area contributed by atoms with Crippen LogP contribution in [-0.2, 0) is 11.3 Å². The van der Waals surface area contributed by atoms with Crippen molar-refractivity contribution in [2.24, 2.45) is 0 Å². The number of benzene rings is 1. The number of halogens is 1. The summed E-state index contributed by atoms with van der Waals surface area (Å²) in [5.74, 6) is 0. The summed E-state index contributed by atoms with van der Waals surface area (Å²) in [5.41, 5.74) is 2.23. The zero-order chi connectivity index (χ0) is 11.8. The molecule has 0 saturated carbocycles. The van der Waals surface area contributed by atoms with Gasteiger partial charge in [0.05, 0.1) is 6.61 Å². The summed E-state index contributed by atoms with van der Waals surface area (Å²) in [6, 6.07) is 6.04. The molecule has 0 heterocycles. The van der Waals surface area contributed by atoms with Crippen LogP contribution < -0.4 is 0 Å². The molecule has 0 amide bonds. The van der Waals surface area contributed by atoms with Gasteiger partial charge in [-0.1, -0.05) is 49.6 Å². The smallest absolute Gasteiger partial charge is 0.0727 e. The molecular weight excluding hydrogens is 220 g/mol. The Bertz CT molecular complexity index is 345. The highest BCUT2D eigenvalue weighted by molar-refractivity contribution is 6.31. The molecule has 0 radical (unpaired) electrons. The molecule has 2 heteroatoms. The average Bonchev–Trinajstić information content (AvgIpc) is 2.29. The van der Waals surface area contributed by atoms with Gasteiger partial charge in [-0.2, -0.15) is 0 Å². The monoisotopic (exact) mass is 238 g/mol.